The molecule has 3 aromatic heterocycles. The maximum absolute atomic E-state index is 12.9. The lowest BCUT2D eigenvalue weighted by Crippen LogP contribution is -2.30. The Morgan fingerprint density at radius 1 is 1.13 bits per heavy atom. The number of aromatic nitrogens is 4. The summed E-state index contributed by atoms with van der Waals surface area (Å²) < 4.78 is 2.16. The first-order chi connectivity index (χ1) is 15.3. The maximum Gasteiger partial charge on any atom is 0.231 e. The van der Waals surface area contributed by atoms with E-state index in [-0.39, 0.29) is 17.7 Å². The lowest BCUT2D eigenvalue weighted by atomic mass is 10.1. The molecule has 4 aromatic rings. The van der Waals surface area contributed by atoms with E-state index in [4.69, 9.17) is 0 Å². The van der Waals surface area contributed by atoms with Crippen molar-refractivity contribution in [2.24, 2.45) is 0 Å². The SMILES string of the molecule is O=C(CSc1nnc(-c2cccnc2)n1C1CC1)NC(c1ccccc1)c1cccs1. The van der Waals surface area contributed by atoms with Crippen molar-refractivity contribution in [2.75, 3.05) is 5.75 Å². The Morgan fingerprint density at radius 3 is 2.71 bits per heavy atom. The number of carbonyl (C=O) groups excluding carboxylic acids is 1. The van der Waals surface area contributed by atoms with Crippen LogP contribution in [0.25, 0.3) is 11.4 Å². The van der Waals surface area contributed by atoms with Crippen LogP contribution in [-0.2, 0) is 4.79 Å². The summed E-state index contributed by atoms with van der Waals surface area (Å²) in [6, 6.07) is 18.3. The fourth-order valence-corrected chi connectivity index (χ4v) is 5.10. The number of nitrogens with zero attached hydrogens (tertiary/aromatic N) is 4. The second kappa shape index (κ2) is 9.03. The third-order valence-corrected chi connectivity index (χ3v) is 6.97. The van der Waals surface area contributed by atoms with Crippen LogP contribution in [-0.4, -0.2) is 31.4 Å². The predicted octanol–water partition coefficient (Wildman–Crippen LogP) is 4.73. The third kappa shape index (κ3) is 4.55. The van der Waals surface area contributed by atoms with Gasteiger partial charge in [0.25, 0.3) is 0 Å². The molecular weight excluding hydrogens is 426 g/mol. The number of carbonyl (C=O) groups is 1. The molecule has 1 aromatic carbocycles. The van der Waals surface area contributed by atoms with Gasteiger partial charge in [0.15, 0.2) is 11.0 Å². The number of rotatable bonds is 8. The Bertz CT molecular complexity index is 1140. The Kier molecular flexibility index (Phi) is 5.82. The molecule has 0 aliphatic heterocycles. The first-order valence-electron chi connectivity index (χ1n) is 10.2. The van der Waals surface area contributed by atoms with Crippen LogP contribution in [0.2, 0.25) is 0 Å². The number of hydrogen-bond donors (Lipinski definition) is 1. The number of hydrogen-bond acceptors (Lipinski definition) is 6. The Labute approximate surface area is 188 Å². The smallest absolute Gasteiger partial charge is 0.231 e. The average molecular weight is 448 g/mol. The predicted molar refractivity (Wildman–Crippen MR) is 123 cm³/mol. The van der Waals surface area contributed by atoms with E-state index in [1.807, 2.05) is 53.9 Å². The van der Waals surface area contributed by atoms with Gasteiger partial charge in [-0.25, -0.2) is 0 Å². The van der Waals surface area contributed by atoms with E-state index in [1.165, 1.54) is 11.8 Å². The lowest BCUT2D eigenvalue weighted by molar-refractivity contribution is -0.119. The summed E-state index contributed by atoms with van der Waals surface area (Å²) >= 11 is 3.08. The van der Waals surface area contributed by atoms with Crippen molar-refractivity contribution < 1.29 is 4.79 Å². The highest BCUT2D eigenvalue weighted by atomic mass is 32.2. The third-order valence-electron chi connectivity index (χ3n) is 5.09. The molecule has 1 fully saturated rings. The zero-order valence-electron chi connectivity index (χ0n) is 16.7. The van der Waals surface area contributed by atoms with Gasteiger partial charge in [-0.3, -0.25) is 14.3 Å². The van der Waals surface area contributed by atoms with Crippen LogP contribution in [0.3, 0.4) is 0 Å². The van der Waals surface area contributed by atoms with E-state index in [0.717, 1.165) is 39.8 Å². The summed E-state index contributed by atoms with van der Waals surface area (Å²) in [4.78, 5) is 18.2. The summed E-state index contributed by atoms with van der Waals surface area (Å²) in [6.07, 6.45) is 5.77. The highest BCUT2D eigenvalue weighted by Gasteiger charge is 2.30. The van der Waals surface area contributed by atoms with Crippen molar-refractivity contribution in [1.82, 2.24) is 25.1 Å². The van der Waals surface area contributed by atoms with Gasteiger partial charge in [-0.05, 0) is 42.0 Å². The van der Waals surface area contributed by atoms with Gasteiger partial charge < -0.3 is 5.32 Å². The van der Waals surface area contributed by atoms with Crippen molar-refractivity contribution in [2.45, 2.75) is 30.1 Å². The monoisotopic (exact) mass is 447 g/mol. The first kappa shape index (κ1) is 20.0. The number of pyridine rings is 1. The van der Waals surface area contributed by atoms with Gasteiger partial charge in [-0.15, -0.1) is 21.5 Å². The lowest BCUT2D eigenvalue weighted by Gasteiger charge is -2.18. The number of thioether (sulfide) groups is 1. The van der Waals surface area contributed by atoms with E-state index >= 15 is 0 Å². The minimum atomic E-state index is -0.151. The van der Waals surface area contributed by atoms with Crippen molar-refractivity contribution in [3.05, 3.63) is 82.8 Å². The van der Waals surface area contributed by atoms with Crippen LogP contribution >= 0.6 is 23.1 Å². The minimum Gasteiger partial charge on any atom is -0.344 e. The number of thiophene rings is 1. The summed E-state index contributed by atoms with van der Waals surface area (Å²) in [5.74, 6) is 1.08. The molecule has 1 saturated carbocycles. The Morgan fingerprint density at radius 2 is 2.00 bits per heavy atom. The average Bonchev–Trinajstić information content (AvgIpc) is 3.33. The summed E-state index contributed by atoms with van der Waals surface area (Å²) in [5.41, 5.74) is 2.02. The van der Waals surface area contributed by atoms with Gasteiger partial charge in [0.1, 0.15) is 0 Å². The van der Waals surface area contributed by atoms with Gasteiger partial charge in [0, 0.05) is 28.9 Å². The molecule has 31 heavy (non-hydrogen) atoms. The molecule has 3 heterocycles. The van der Waals surface area contributed by atoms with Crippen LogP contribution in [0.1, 0.15) is 35.4 Å². The fraction of sp³-hybridized carbons (Fsp3) is 0.217. The van der Waals surface area contributed by atoms with Crippen molar-refractivity contribution in [3.8, 4) is 11.4 Å². The molecular formula is C23H21N5OS2. The van der Waals surface area contributed by atoms with Crippen LogP contribution in [0.4, 0.5) is 0 Å². The fourth-order valence-electron chi connectivity index (χ4n) is 3.48. The van der Waals surface area contributed by atoms with Crippen LogP contribution in [0.5, 0.6) is 0 Å². The second-order valence-electron chi connectivity index (χ2n) is 7.36. The number of nitrogens with one attached hydrogen (secondary N) is 1. The van der Waals surface area contributed by atoms with Crippen molar-refractivity contribution in [1.29, 1.82) is 0 Å². The molecule has 6 nitrogen and oxygen atoms in total. The largest absolute Gasteiger partial charge is 0.344 e. The standard InChI is InChI=1S/C23H21N5OS2/c29-20(25-21(19-9-5-13-30-19)16-6-2-1-3-7-16)15-31-23-27-26-22(28(23)18-10-11-18)17-8-4-12-24-14-17/h1-9,12-14,18,21H,10-11,15H2,(H,25,29). The second-order valence-corrected chi connectivity index (χ2v) is 9.29. The van der Waals surface area contributed by atoms with E-state index < -0.39 is 0 Å². The number of amides is 1. The highest BCUT2D eigenvalue weighted by Crippen LogP contribution is 2.41. The van der Waals surface area contributed by atoms with Crippen LogP contribution in [0.15, 0.2) is 77.5 Å². The molecule has 1 amide bonds. The molecule has 156 valence electrons. The quantitative estimate of drug-likeness (QED) is 0.395. The molecule has 1 unspecified atom stereocenters. The molecule has 0 bridgehead atoms. The zero-order valence-corrected chi connectivity index (χ0v) is 18.4. The van der Waals surface area contributed by atoms with Gasteiger partial charge in [-0.2, -0.15) is 0 Å². The van der Waals surface area contributed by atoms with Crippen LogP contribution < -0.4 is 5.32 Å². The van der Waals surface area contributed by atoms with E-state index in [0.29, 0.717) is 6.04 Å². The first-order valence-corrected chi connectivity index (χ1v) is 12.0. The molecule has 0 spiro atoms. The van der Waals surface area contributed by atoms with Gasteiger partial charge in [0.2, 0.25) is 5.91 Å². The topological polar surface area (TPSA) is 72.7 Å². The normalized spacial score (nSPS) is 14.3. The Hall–Kier alpha value is -2.97. The molecule has 1 aliphatic rings. The highest BCUT2D eigenvalue weighted by molar-refractivity contribution is 7.99. The Balaban J connectivity index is 1.31. The molecule has 0 radical (unpaired) electrons. The van der Waals surface area contributed by atoms with Crippen molar-refractivity contribution in [3.63, 3.8) is 0 Å². The van der Waals surface area contributed by atoms with E-state index in [2.05, 4.69) is 31.1 Å². The van der Waals surface area contributed by atoms with Gasteiger partial charge in [0.05, 0.1) is 11.8 Å². The number of benzene rings is 1. The van der Waals surface area contributed by atoms with Gasteiger partial charge in [-0.1, -0.05) is 48.2 Å². The van der Waals surface area contributed by atoms with E-state index in [1.54, 1.807) is 23.7 Å². The van der Waals surface area contributed by atoms with E-state index in [9.17, 15) is 4.79 Å². The molecule has 1 aliphatic carbocycles. The van der Waals surface area contributed by atoms with Gasteiger partial charge >= 0.3 is 0 Å². The minimum absolute atomic E-state index is 0.0273. The molecule has 1 atom stereocenters. The molecule has 0 saturated heterocycles. The molecule has 5 rings (SSSR count). The summed E-state index contributed by atoms with van der Waals surface area (Å²) in [7, 11) is 0. The zero-order chi connectivity index (χ0) is 21.0. The molecule has 1 N–H and O–H groups in total. The summed E-state index contributed by atoms with van der Waals surface area (Å²) in [5, 5.41) is 14.8. The van der Waals surface area contributed by atoms with Crippen LogP contribution in [0, 0.1) is 0 Å². The maximum atomic E-state index is 12.9. The summed E-state index contributed by atoms with van der Waals surface area (Å²) in [6.45, 7) is 0. The molecule has 8 heteroatoms. The van der Waals surface area contributed by atoms with Crippen molar-refractivity contribution >= 4 is 29.0 Å².